The van der Waals surface area contributed by atoms with Gasteiger partial charge in [0.05, 0.1) is 23.0 Å². The Morgan fingerprint density at radius 3 is 2.58 bits per heavy atom. The number of rotatable bonds is 9. The van der Waals surface area contributed by atoms with Gasteiger partial charge in [-0.3, -0.25) is 9.59 Å². The number of fused-ring (bicyclic) bond motifs is 1. The molecule has 10 nitrogen and oxygen atoms in total. The number of benzene rings is 2. The maximum atomic E-state index is 12.4. The van der Waals surface area contributed by atoms with Gasteiger partial charge in [-0.1, -0.05) is 6.07 Å². The SMILES string of the molecule is CCn1c(COC(=O)CNC(=O)c2cccc(OC)c2)nc2cc(S(=O)(=O)N(C)C)ccc21. The molecule has 1 aromatic heterocycles. The highest BCUT2D eigenvalue weighted by Crippen LogP contribution is 2.22. The highest BCUT2D eigenvalue weighted by atomic mass is 32.2. The van der Waals surface area contributed by atoms with Crippen LogP contribution in [0.3, 0.4) is 0 Å². The number of imidazole rings is 1. The molecule has 0 aliphatic heterocycles. The zero-order valence-electron chi connectivity index (χ0n) is 18.9. The van der Waals surface area contributed by atoms with Gasteiger partial charge in [0.15, 0.2) is 0 Å². The molecule has 0 atom stereocenters. The second-order valence-corrected chi connectivity index (χ2v) is 9.44. The quantitative estimate of drug-likeness (QED) is 0.470. The molecule has 0 saturated heterocycles. The van der Waals surface area contributed by atoms with Crippen LogP contribution >= 0.6 is 0 Å². The molecule has 1 N–H and O–H groups in total. The third kappa shape index (κ3) is 5.32. The standard InChI is InChI=1S/C22H26N4O6S/c1-5-26-19-10-9-17(33(29,30)25(2)3)12-18(19)24-20(26)14-32-21(27)13-23-22(28)15-7-6-8-16(11-15)31-4/h6-12H,5,13-14H2,1-4H3,(H,23,28). The minimum atomic E-state index is -3.60. The first-order valence-electron chi connectivity index (χ1n) is 10.2. The number of nitrogens with one attached hydrogen (secondary N) is 1. The van der Waals surface area contributed by atoms with Gasteiger partial charge in [-0.25, -0.2) is 17.7 Å². The summed E-state index contributed by atoms with van der Waals surface area (Å²) in [6.07, 6.45) is 0. The van der Waals surface area contributed by atoms with Crippen LogP contribution in [0.5, 0.6) is 5.75 Å². The molecule has 176 valence electrons. The Labute approximate surface area is 192 Å². The van der Waals surface area contributed by atoms with Crippen LogP contribution in [0.2, 0.25) is 0 Å². The van der Waals surface area contributed by atoms with Crippen LogP contribution in [0.1, 0.15) is 23.1 Å². The molecule has 0 unspecified atom stereocenters. The minimum Gasteiger partial charge on any atom is -0.497 e. The van der Waals surface area contributed by atoms with Crippen molar-refractivity contribution in [2.24, 2.45) is 0 Å². The number of carbonyl (C=O) groups excluding carboxylic acids is 2. The van der Waals surface area contributed by atoms with Gasteiger partial charge in [-0.15, -0.1) is 0 Å². The van der Waals surface area contributed by atoms with Crippen LogP contribution in [0.4, 0.5) is 0 Å². The van der Waals surface area contributed by atoms with E-state index in [0.29, 0.717) is 29.2 Å². The summed E-state index contributed by atoms with van der Waals surface area (Å²) >= 11 is 0. The molecule has 1 amide bonds. The molecule has 1 heterocycles. The van der Waals surface area contributed by atoms with Crippen molar-refractivity contribution >= 4 is 32.9 Å². The minimum absolute atomic E-state index is 0.119. The zero-order chi connectivity index (χ0) is 24.2. The number of carbonyl (C=O) groups is 2. The molecule has 2 aromatic carbocycles. The van der Waals surface area contributed by atoms with Crippen LogP contribution in [-0.4, -0.2) is 61.9 Å². The second-order valence-electron chi connectivity index (χ2n) is 7.29. The van der Waals surface area contributed by atoms with Gasteiger partial charge in [0, 0.05) is 26.2 Å². The summed E-state index contributed by atoms with van der Waals surface area (Å²) in [5.41, 5.74) is 1.57. The van der Waals surface area contributed by atoms with Crippen LogP contribution in [0, 0.1) is 0 Å². The highest BCUT2D eigenvalue weighted by Gasteiger charge is 2.20. The van der Waals surface area contributed by atoms with Gasteiger partial charge in [0.25, 0.3) is 5.91 Å². The first-order chi connectivity index (χ1) is 15.7. The van der Waals surface area contributed by atoms with E-state index in [2.05, 4.69) is 10.3 Å². The third-order valence-corrected chi connectivity index (χ3v) is 6.79. The van der Waals surface area contributed by atoms with Gasteiger partial charge in [-0.2, -0.15) is 0 Å². The number of sulfonamides is 1. The van der Waals surface area contributed by atoms with Gasteiger partial charge in [0.1, 0.15) is 24.7 Å². The lowest BCUT2D eigenvalue weighted by Crippen LogP contribution is -2.30. The molecular formula is C22H26N4O6S. The molecular weight excluding hydrogens is 448 g/mol. The van der Waals surface area contributed by atoms with Crippen molar-refractivity contribution in [3.8, 4) is 5.75 Å². The van der Waals surface area contributed by atoms with Crippen molar-refractivity contribution in [3.05, 3.63) is 53.9 Å². The lowest BCUT2D eigenvalue weighted by Gasteiger charge is -2.11. The number of aromatic nitrogens is 2. The third-order valence-electron chi connectivity index (χ3n) is 4.98. The number of hydrogen-bond acceptors (Lipinski definition) is 7. The van der Waals surface area contributed by atoms with Crippen LogP contribution in [0.15, 0.2) is 47.4 Å². The number of nitrogens with zero attached hydrogens (tertiary/aromatic N) is 3. The molecule has 0 aliphatic carbocycles. The summed E-state index contributed by atoms with van der Waals surface area (Å²) in [5, 5.41) is 2.51. The van der Waals surface area contributed by atoms with Crippen LogP contribution in [0.25, 0.3) is 11.0 Å². The Bertz CT molecular complexity index is 1280. The summed E-state index contributed by atoms with van der Waals surface area (Å²) in [6, 6.07) is 11.3. The maximum Gasteiger partial charge on any atom is 0.325 e. The van der Waals surface area contributed by atoms with Gasteiger partial charge in [0.2, 0.25) is 10.0 Å². The summed E-state index contributed by atoms with van der Waals surface area (Å²) < 4.78 is 38.1. The molecule has 3 aromatic rings. The number of amides is 1. The number of aryl methyl sites for hydroxylation is 1. The van der Waals surface area contributed by atoms with E-state index in [9.17, 15) is 18.0 Å². The van der Waals surface area contributed by atoms with E-state index in [1.165, 1.54) is 33.3 Å². The molecule has 0 fully saturated rings. The smallest absolute Gasteiger partial charge is 0.325 e. The number of methoxy groups -OCH3 is 1. The van der Waals surface area contributed by atoms with E-state index < -0.39 is 21.9 Å². The van der Waals surface area contributed by atoms with Crippen molar-refractivity contribution in [3.63, 3.8) is 0 Å². The van der Waals surface area contributed by atoms with Crippen molar-refractivity contribution in [1.82, 2.24) is 19.2 Å². The van der Waals surface area contributed by atoms with Gasteiger partial charge < -0.3 is 19.4 Å². The fourth-order valence-electron chi connectivity index (χ4n) is 3.21. The number of hydrogen-bond donors (Lipinski definition) is 1. The molecule has 0 spiro atoms. The second kappa shape index (κ2) is 10.0. The van der Waals surface area contributed by atoms with Gasteiger partial charge >= 0.3 is 5.97 Å². The maximum absolute atomic E-state index is 12.4. The lowest BCUT2D eigenvalue weighted by molar-refractivity contribution is -0.144. The summed E-state index contributed by atoms with van der Waals surface area (Å²) in [5.74, 6) is -0.0530. The predicted octanol–water partition coefficient (Wildman–Crippen LogP) is 1.79. The Balaban J connectivity index is 1.67. The van der Waals surface area contributed by atoms with E-state index in [0.717, 1.165) is 9.82 Å². The Morgan fingerprint density at radius 1 is 1.15 bits per heavy atom. The van der Waals surface area contributed by atoms with Crippen molar-refractivity contribution < 1.29 is 27.5 Å². The van der Waals surface area contributed by atoms with Crippen molar-refractivity contribution in [1.29, 1.82) is 0 Å². The molecule has 33 heavy (non-hydrogen) atoms. The number of esters is 1. The normalized spacial score (nSPS) is 11.5. The Morgan fingerprint density at radius 2 is 1.91 bits per heavy atom. The Hall–Kier alpha value is -3.44. The topological polar surface area (TPSA) is 120 Å². The fourth-order valence-corrected chi connectivity index (χ4v) is 4.13. The van der Waals surface area contributed by atoms with Crippen molar-refractivity contribution in [2.45, 2.75) is 25.0 Å². The predicted molar refractivity (Wildman–Crippen MR) is 121 cm³/mol. The number of ether oxygens (including phenoxy) is 2. The first-order valence-corrected chi connectivity index (χ1v) is 11.6. The summed E-state index contributed by atoms with van der Waals surface area (Å²) in [4.78, 5) is 29.0. The van der Waals surface area contributed by atoms with E-state index in [1.807, 2.05) is 11.5 Å². The van der Waals surface area contributed by atoms with Crippen LogP contribution < -0.4 is 10.1 Å². The van der Waals surface area contributed by atoms with E-state index in [1.54, 1.807) is 30.3 Å². The largest absolute Gasteiger partial charge is 0.497 e. The summed E-state index contributed by atoms with van der Waals surface area (Å²) in [6.45, 7) is 2.03. The fraction of sp³-hybridized carbons (Fsp3) is 0.318. The van der Waals surface area contributed by atoms with E-state index in [-0.39, 0.29) is 18.0 Å². The molecule has 0 bridgehead atoms. The molecule has 0 radical (unpaired) electrons. The van der Waals surface area contributed by atoms with E-state index >= 15 is 0 Å². The first kappa shape index (κ1) is 24.2. The molecule has 0 aliphatic rings. The summed E-state index contributed by atoms with van der Waals surface area (Å²) in [7, 11) is 0.824. The van der Waals surface area contributed by atoms with Crippen molar-refractivity contribution in [2.75, 3.05) is 27.7 Å². The monoisotopic (exact) mass is 474 g/mol. The average Bonchev–Trinajstić information content (AvgIpc) is 3.17. The molecule has 3 rings (SSSR count). The molecule has 0 saturated carbocycles. The van der Waals surface area contributed by atoms with Gasteiger partial charge in [-0.05, 0) is 43.3 Å². The highest BCUT2D eigenvalue weighted by molar-refractivity contribution is 7.89. The van der Waals surface area contributed by atoms with Crippen LogP contribution in [-0.2, 0) is 32.7 Å². The lowest BCUT2D eigenvalue weighted by atomic mass is 10.2. The van der Waals surface area contributed by atoms with E-state index in [4.69, 9.17) is 9.47 Å². The Kier molecular flexibility index (Phi) is 7.34. The molecule has 11 heteroatoms. The average molecular weight is 475 g/mol. The zero-order valence-corrected chi connectivity index (χ0v) is 19.7.